The molecule has 3 rings (SSSR count). The van der Waals surface area contributed by atoms with Gasteiger partial charge in [0.25, 0.3) is 0 Å². The third kappa shape index (κ3) is 2.98. The van der Waals surface area contributed by atoms with Crippen LogP contribution in [0.5, 0.6) is 0 Å². The summed E-state index contributed by atoms with van der Waals surface area (Å²) in [5.41, 5.74) is 0.207. The van der Waals surface area contributed by atoms with E-state index in [1.165, 1.54) is 12.8 Å². The molecule has 19 heavy (non-hydrogen) atoms. The van der Waals surface area contributed by atoms with E-state index in [9.17, 15) is 8.42 Å². The Morgan fingerprint density at radius 2 is 2.05 bits per heavy atom. The predicted molar refractivity (Wildman–Crippen MR) is 77.0 cm³/mol. The molecule has 0 aromatic carbocycles. The molecule has 1 saturated carbocycles. The van der Waals surface area contributed by atoms with Gasteiger partial charge in [-0.1, -0.05) is 0 Å². The first-order valence-electron chi connectivity index (χ1n) is 7.69. The second-order valence-electron chi connectivity index (χ2n) is 6.84. The lowest BCUT2D eigenvalue weighted by Gasteiger charge is -2.34. The molecule has 2 unspecified atom stereocenters. The topological polar surface area (TPSA) is 49.4 Å². The van der Waals surface area contributed by atoms with Crippen molar-refractivity contribution < 1.29 is 8.42 Å². The first-order chi connectivity index (χ1) is 9.00. The molecule has 0 amide bonds. The monoisotopic (exact) mass is 286 g/mol. The van der Waals surface area contributed by atoms with Crippen LogP contribution in [0.4, 0.5) is 0 Å². The van der Waals surface area contributed by atoms with Crippen molar-refractivity contribution in [2.75, 3.05) is 31.9 Å². The van der Waals surface area contributed by atoms with Gasteiger partial charge in [0.1, 0.15) is 0 Å². The third-order valence-corrected chi connectivity index (χ3v) is 7.39. The van der Waals surface area contributed by atoms with E-state index in [1.54, 1.807) is 0 Å². The summed E-state index contributed by atoms with van der Waals surface area (Å²) in [6.45, 7) is 6.21. The van der Waals surface area contributed by atoms with Gasteiger partial charge in [0.15, 0.2) is 9.84 Å². The van der Waals surface area contributed by atoms with Crippen molar-refractivity contribution in [1.29, 1.82) is 0 Å². The summed E-state index contributed by atoms with van der Waals surface area (Å²) in [4.78, 5) is 2.41. The van der Waals surface area contributed by atoms with E-state index in [1.807, 2.05) is 0 Å². The van der Waals surface area contributed by atoms with Crippen molar-refractivity contribution in [2.45, 2.75) is 49.8 Å². The smallest absolute Gasteiger partial charge is 0.154 e. The van der Waals surface area contributed by atoms with Gasteiger partial charge in [-0.05, 0) is 58.0 Å². The van der Waals surface area contributed by atoms with Gasteiger partial charge < -0.3 is 10.2 Å². The van der Waals surface area contributed by atoms with Gasteiger partial charge in [0.2, 0.25) is 0 Å². The molecule has 0 aromatic rings. The van der Waals surface area contributed by atoms with Crippen LogP contribution in [0.2, 0.25) is 0 Å². The number of hydrogen-bond acceptors (Lipinski definition) is 4. The number of hydrogen-bond donors (Lipinski definition) is 1. The normalized spacial score (nSPS) is 40.2. The molecule has 3 fully saturated rings. The van der Waals surface area contributed by atoms with Crippen molar-refractivity contribution >= 4 is 9.84 Å². The lowest BCUT2D eigenvalue weighted by molar-refractivity contribution is 0.200. The zero-order chi connectivity index (χ0) is 13.5. The van der Waals surface area contributed by atoms with E-state index >= 15 is 0 Å². The Bertz CT molecular complexity index is 433. The van der Waals surface area contributed by atoms with Crippen molar-refractivity contribution in [3.05, 3.63) is 0 Å². The molecule has 0 radical (unpaired) electrons. The molecular weight excluding hydrogens is 260 g/mol. The molecule has 0 spiro atoms. The molecule has 2 atom stereocenters. The van der Waals surface area contributed by atoms with Crippen LogP contribution in [-0.4, -0.2) is 56.0 Å². The van der Waals surface area contributed by atoms with Gasteiger partial charge in [-0.25, -0.2) is 8.42 Å². The summed E-state index contributed by atoms with van der Waals surface area (Å²) < 4.78 is 24.0. The number of nitrogens with one attached hydrogen (secondary N) is 1. The molecule has 0 bridgehead atoms. The van der Waals surface area contributed by atoms with Crippen molar-refractivity contribution in [3.63, 3.8) is 0 Å². The van der Waals surface area contributed by atoms with Crippen molar-refractivity contribution in [2.24, 2.45) is 5.92 Å². The summed E-state index contributed by atoms with van der Waals surface area (Å²) in [6, 6.07) is 0. The Balaban J connectivity index is 1.66. The van der Waals surface area contributed by atoms with Gasteiger partial charge >= 0.3 is 0 Å². The maximum Gasteiger partial charge on any atom is 0.154 e. The highest BCUT2D eigenvalue weighted by atomic mass is 32.2. The maximum atomic E-state index is 12.0. The van der Waals surface area contributed by atoms with E-state index in [0.29, 0.717) is 5.75 Å². The molecule has 1 N–H and O–H groups in total. The number of sulfone groups is 1. The highest BCUT2D eigenvalue weighted by molar-refractivity contribution is 7.92. The summed E-state index contributed by atoms with van der Waals surface area (Å²) in [7, 11) is -2.80. The van der Waals surface area contributed by atoms with E-state index in [2.05, 4.69) is 17.1 Å². The van der Waals surface area contributed by atoms with Crippen LogP contribution in [0.3, 0.4) is 0 Å². The van der Waals surface area contributed by atoms with Crippen LogP contribution in [0.1, 0.15) is 39.0 Å². The van der Waals surface area contributed by atoms with E-state index < -0.39 is 9.84 Å². The van der Waals surface area contributed by atoms with Gasteiger partial charge in [-0.2, -0.15) is 0 Å². The van der Waals surface area contributed by atoms with E-state index in [0.717, 1.165) is 51.4 Å². The van der Waals surface area contributed by atoms with Gasteiger partial charge in [0.05, 0.1) is 11.0 Å². The lowest BCUT2D eigenvalue weighted by Crippen LogP contribution is -2.52. The Morgan fingerprint density at radius 3 is 2.68 bits per heavy atom. The fourth-order valence-corrected chi connectivity index (χ4v) is 5.64. The minimum atomic E-state index is -2.80. The van der Waals surface area contributed by atoms with Gasteiger partial charge in [0, 0.05) is 18.6 Å². The first kappa shape index (κ1) is 13.8. The minimum absolute atomic E-state index is 0.103. The molecule has 2 saturated heterocycles. The first-order valence-corrected chi connectivity index (χ1v) is 9.40. The molecule has 2 aliphatic heterocycles. The lowest BCUT2D eigenvalue weighted by atomic mass is 9.95. The molecule has 4 nitrogen and oxygen atoms in total. The van der Waals surface area contributed by atoms with E-state index in [-0.39, 0.29) is 10.8 Å². The average molecular weight is 286 g/mol. The van der Waals surface area contributed by atoms with Crippen molar-refractivity contribution in [3.8, 4) is 0 Å². The Hall–Kier alpha value is -0.130. The Morgan fingerprint density at radius 1 is 1.26 bits per heavy atom. The molecule has 3 aliphatic rings. The van der Waals surface area contributed by atoms with Crippen LogP contribution in [-0.2, 0) is 9.84 Å². The third-order valence-electron chi connectivity index (χ3n) is 5.14. The number of nitrogens with zero attached hydrogens (tertiary/aromatic N) is 1. The molecule has 110 valence electrons. The van der Waals surface area contributed by atoms with Crippen LogP contribution >= 0.6 is 0 Å². The summed E-state index contributed by atoms with van der Waals surface area (Å²) in [5, 5.41) is 3.60. The highest BCUT2D eigenvalue weighted by Crippen LogP contribution is 2.40. The molecule has 2 heterocycles. The fourth-order valence-electron chi connectivity index (χ4n) is 3.78. The zero-order valence-corrected chi connectivity index (χ0v) is 12.7. The molecular formula is C14H26N2O2S. The quantitative estimate of drug-likeness (QED) is 0.842. The average Bonchev–Trinajstić information content (AvgIpc) is 3.12. The second-order valence-corrected chi connectivity index (χ2v) is 9.24. The van der Waals surface area contributed by atoms with Crippen LogP contribution in [0.15, 0.2) is 0 Å². The van der Waals surface area contributed by atoms with Crippen molar-refractivity contribution in [1.82, 2.24) is 10.2 Å². The van der Waals surface area contributed by atoms with Gasteiger partial charge in [-0.3, -0.25) is 0 Å². The fraction of sp³-hybridized carbons (Fsp3) is 1.00. The predicted octanol–water partition coefficient (Wildman–Crippen LogP) is 1.03. The van der Waals surface area contributed by atoms with E-state index in [4.69, 9.17) is 0 Å². The summed E-state index contributed by atoms with van der Waals surface area (Å²) in [5.74, 6) is 1.21. The maximum absolute atomic E-state index is 12.0. The minimum Gasteiger partial charge on any atom is -0.310 e. The highest BCUT2D eigenvalue weighted by Gasteiger charge is 2.43. The Labute approximate surface area is 116 Å². The molecule has 5 heteroatoms. The molecule has 0 aromatic heterocycles. The number of rotatable bonds is 3. The summed E-state index contributed by atoms with van der Waals surface area (Å²) in [6.07, 6.45) is 5.53. The SMILES string of the molecule is CC1(C2CC2)CN(CC2CCCS2(=O)=O)CCCN1. The van der Waals surface area contributed by atoms with Crippen LogP contribution < -0.4 is 5.32 Å². The van der Waals surface area contributed by atoms with Gasteiger partial charge in [-0.15, -0.1) is 0 Å². The second kappa shape index (κ2) is 5.01. The largest absolute Gasteiger partial charge is 0.310 e. The standard InChI is InChI=1S/C14H26N2O2S/c1-14(12-5-6-12)11-16(8-3-7-15-14)10-13-4-2-9-19(13,17)18/h12-13,15H,2-11H2,1H3. The van der Waals surface area contributed by atoms with Crippen LogP contribution in [0, 0.1) is 5.92 Å². The zero-order valence-electron chi connectivity index (χ0n) is 11.9. The summed E-state index contributed by atoms with van der Waals surface area (Å²) >= 11 is 0. The van der Waals surface area contributed by atoms with Crippen LogP contribution in [0.25, 0.3) is 0 Å². The Kier molecular flexibility index (Phi) is 3.65. The molecule has 1 aliphatic carbocycles.